The molecule has 0 amide bonds. The highest BCUT2D eigenvalue weighted by Crippen LogP contribution is 2.38. The number of phenolic OH excluding ortho intramolecular Hbond substituents is 1. The van der Waals surface area contributed by atoms with E-state index in [1.165, 1.54) is 11.1 Å². The number of hydrogen-bond acceptors (Lipinski definition) is 4. The van der Waals surface area contributed by atoms with Crippen LogP contribution in [0.4, 0.5) is 0 Å². The Labute approximate surface area is 147 Å². The largest absolute Gasteiger partial charge is 0.508 e. The number of nitrogens with zero attached hydrogens (tertiary/aromatic N) is 2. The number of hydrogen-bond donors (Lipinski definition) is 2. The minimum atomic E-state index is 0.0843. The molecule has 0 spiro atoms. The van der Waals surface area contributed by atoms with Crippen molar-refractivity contribution in [2.75, 3.05) is 20.1 Å². The lowest BCUT2D eigenvalue weighted by molar-refractivity contribution is 0.100. The van der Waals surface area contributed by atoms with E-state index in [-0.39, 0.29) is 17.6 Å². The Morgan fingerprint density at radius 1 is 1.24 bits per heavy atom. The van der Waals surface area contributed by atoms with Gasteiger partial charge >= 0.3 is 0 Å². The van der Waals surface area contributed by atoms with E-state index in [1.807, 2.05) is 23.7 Å². The third kappa shape index (κ3) is 2.74. The maximum absolute atomic E-state index is 12.9. The number of phenols is 1. The molecule has 130 valence electrons. The monoisotopic (exact) mass is 337 g/mol. The number of Topliss-reactive ketones (excluding diaryl/α,β-unsaturated/α-hetero) is 1. The van der Waals surface area contributed by atoms with Gasteiger partial charge in [-0.3, -0.25) is 9.69 Å². The molecular formula is C20H23N3O2. The zero-order valence-electron chi connectivity index (χ0n) is 14.6. The number of carbonyl (C=O) groups is 1. The summed E-state index contributed by atoms with van der Waals surface area (Å²) in [5, 5.41) is 12.7. The Kier molecular flexibility index (Phi) is 3.88. The first-order valence-electron chi connectivity index (χ1n) is 8.71. The van der Waals surface area contributed by atoms with Crippen molar-refractivity contribution < 1.29 is 9.90 Å². The van der Waals surface area contributed by atoms with Gasteiger partial charge in [0.25, 0.3) is 0 Å². The van der Waals surface area contributed by atoms with Gasteiger partial charge in [-0.05, 0) is 49.2 Å². The molecule has 0 fully saturated rings. The molecule has 1 unspecified atom stereocenters. The van der Waals surface area contributed by atoms with Gasteiger partial charge in [0.15, 0.2) is 0 Å². The van der Waals surface area contributed by atoms with E-state index in [4.69, 9.17) is 0 Å². The highest BCUT2D eigenvalue weighted by Gasteiger charge is 2.36. The van der Waals surface area contributed by atoms with Gasteiger partial charge in [-0.2, -0.15) is 0 Å². The molecular weight excluding hydrogens is 314 g/mol. The first-order valence-corrected chi connectivity index (χ1v) is 8.71. The topological polar surface area (TPSA) is 57.5 Å². The van der Waals surface area contributed by atoms with Gasteiger partial charge in [0.2, 0.25) is 5.78 Å². The fourth-order valence-corrected chi connectivity index (χ4v) is 3.89. The van der Waals surface area contributed by atoms with Gasteiger partial charge in [0.05, 0.1) is 17.4 Å². The summed E-state index contributed by atoms with van der Waals surface area (Å²) >= 11 is 0. The molecule has 0 radical (unpaired) electrons. The van der Waals surface area contributed by atoms with Crippen LogP contribution < -0.4 is 5.32 Å². The quantitative estimate of drug-likeness (QED) is 0.898. The van der Waals surface area contributed by atoms with Gasteiger partial charge in [0, 0.05) is 31.9 Å². The molecule has 2 aromatic rings. The van der Waals surface area contributed by atoms with Crippen LogP contribution in [-0.4, -0.2) is 40.5 Å². The number of aryl methyl sites for hydroxylation is 1. The Morgan fingerprint density at radius 3 is 2.76 bits per heavy atom. The lowest BCUT2D eigenvalue weighted by atomic mass is 9.88. The van der Waals surface area contributed by atoms with Crippen LogP contribution in [0.15, 0.2) is 42.2 Å². The summed E-state index contributed by atoms with van der Waals surface area (Å²) in [7, 11) is 4.08. The number of aromatic nitrogens is 1. The van der Waals surface area contributed by atoms with Gasteiger partial charge in [-0.1, -0.05) is 12.1 Å². The third-order valence-corrected chi connectivity index (χ3v) is 5.26. The van der Waals surface area contributed by atoms with Crippen molar-refractivity contribution in [1.82, 2.24) is 14.8 Å². The molecule has 1 aromatic carbocycles. The number of allylic oxidation sites excluding steroid dienone is 1. The zero-order valence-corrected chi connectivity index (χ0v) is 14.6. The van der Waals surface area contributed by atoms with Crippen molar-refractivity contribution in [3.8, 4) is 5.75 Å². The standard InChI is InChI=1S/C20H23N3O2/c1-22-10-8-14-12-23(2)19-18(14)17(22)11-16(20(19)25)21-9-7-13-3-5-15(24)6-4-13/h3-6,11-12,17,21,24H,7-10H2,1-2H3. The molecule has 5 nitrogen and oxygen atoms in total. The highest BCUT2D eigenvalue weighted by atomic mass is 16.3. The van der Waals surface area contributed by atoms with Crippen molar-refractivity contribution in [1.29, 1.82) is 0 Å². The second-order valence-corrected chi connectivity index (χ2v) is 6.96. The van der Waals surface area contributed by atoms with Gasteiger partial charge in [-0.25, -0.2) is 0 Å². The Bertz CT molecular complexity index is 849. The minimum Gasteiger partial charge on any atom is -0.508 e. The maximum atomic E-state index is 12.9. The van der Waals surface area contributed by atoms with E-state index in [0.29, 0.717) is 12.2 Å². The summed E-state index contributed by atoms with van der Waals surface area (Å²) in [6.07, 6.45) is 5.98. The van der Waals surface area contributed by atoms with Crippen LogP contribution in [0, 0.1) is 0 Å². The summed E-state index contributed by atoms with van der Waals surface area (Å²) in [4.78, 5) is 15.2. The molecule has 1 aliphatic carbocycles. The zero-order chi connectivity index (χ0) is 17.6. The highest BCUT2D eigenvalue weighted by molar-refractivity contribution is 6.10. The third-order valence-electron chi connectivity index (χ3n) is 5.26. The van der Waals surface area contributed by atoms with E-state index < -0.39 is 0 Å². The molecule has 25 heavy (non-hydrogen) atoms. The van der Waals surface area contributed by atoms with Crippen LogP contribution in [0.3, 0.4) is 0 Å². The number of ketones is 1. The van der Waals surface area contributed by atoms with Gasteiger partial charge in [-0.15, -0.1) is 0 Å². The predicted octanol–water partition coefficient (Wildman–Crippen LogP) is 2.17. The average Bonchev–Trinajstić information content (AvgIpc) is 2.93. The fourth-order valence-electron chi connectivity index (χ4n) is 3.89. The molecule has 2 aliphatic rings. The van der Waals surface area contributed by atoms with Crippen molar-refractivity contribution in [2.45, 2.75) is 18.9 Å². The molecule has 0 saturated heterocycles. The molecule has 4 rings (SSSR count). The number of benzene rings is 1. The van der Waals surface area contributed by atoms with Crippen LogP contribution in [0.25, 0.3) is 0 Å². The molecule has 5 heteroatoms. The molecule has 2 N–H and O–H groups in total. The lowest BCUT2D eigenvalue weighted by Crippen LogP contribution is -2.37. The van der Waals surface area contributed by atoms with Crippen LogP contribution >= 0.6 is 0 Å². The summed E-state index contributed by atoms with van der Waals surface area (Å²) in [5.41, 5.74) is 5.13. The second-order valence-electron chi connectivity index (χ2n) is 6.96. The number of likely N-dealkylation sites (N-methyl/N-ethyl adjacent to an activating group) is 1. The number of nitrogens with one attached hydrogen (secondary N) is 1. The van der Waals surface area contributed by atoms with Crippen LogP contribution in [0.2, 0.25) is 0 Å². The van der Waals surface area contributed by atoms with Crippen LogP contribution in [-0.2, 0) is 19.9 Å². The SMILES string of the molecule is CN1CCc2cn(C)c3c2C1C=C(NCCc1ccc(O)cc1)C3=O. The summed E-state index contributed by atoms with van der Waals surface area (Å²) in [5.74, 6) is 0.357. The summed E-state index contributed by atoms with van der Waals surface area (Å²) in [6.45, 7) is 1.69. The summed E-state index contributed by atoms with van der Waals surface area (Å²) in [6, 6.07) is 7.37. The number of carbonyl (C=O) groups excluding carboxylic acids is 1. The molecule has 0 bridgehead atoms. The van der Waals surface area contributed by atoms with Crippen molar-refractivity contribution in [3.05, 3.63) is 64.6 Å². The maximum Gasteiger partial charge on any atom is 0.225 e. The number of rotatable bonds is 4. The first-order chi connectivity index (χ1) is 12.0. The molecule has 2 heterocycles. The van der Waals surface area contributed by atoms with Crippen molar-refractivity contribution in [3.63, 3.8) is 0 Å². The van der Waals surface area contributed by atoms with E-state index in [9.17, 15) is 9.90 Å². The smallest absolute Gasteiger partial charge is 0.225 e. The molecule has 1 aromatic heterocycles. The van der Waals surface area contributed by atoms with E-state index in [1.54, 1.807) is 12.1 Å². The molecule has 0 saturated carbocycles. The fraction of sp³-hybridized carbons (Fsp3) is 0.350. The van der Waals surface area contributed by atoms with E-state index >= 15 is 0 Å². The molecule has 1 atom stereocenters. The Morgan fingerprint density at radius 2 is 2.00 bits per heavy atom. The van der Waals surface area contributed by atoms with Crippen molar-refractivity contribution in [2.24, 2.45) is 7.05 Å². The summed E-state index contributed by atoms with van der Waals surface area (Å²) < 4.78 is 1.98. The number of aromatic hydroxyl groups is 1. The van der Waals surface area contributed by atoms with Crippen LogP contribution in [0.5, 0.6) is 5.75 Å². The normalized spacial score (nSPS) is 19.5. The molecule has 1 aliphatic heterocycles. The Hall–Kier alpha value is -2.53. The van der Waals surface area contributed by atoms with E-state index in [2.05, 4.69) is 29.5 Å². The van der Waals surface area contributed by atoms with Gasteiger partial charge in [0.1, 0.15) is 5.75 Å². The average molecular weight is 337 g/mol. The van der Waals surface area contributed by atoms with E-state index in [0.717, 1.165) is 30.6 Å². The van der Waals surface area contributed by atoms with Gasteiger partial charge < -0.3 is 15.0 Å². The van der Waals surface area contributed by atoms with Crippen molar-refractivity contribution >= 4 is 5.78 Å². The second kappa shape index (κ2) is 6.08. The lowest BCUT2D eigenvalue weighted by Gasteiger charge is -2.34. The predicted molar refractivity (Wildman–Crippen MR) is 96.7 cm³/mol. The Balaban J connectivity index is 1.53. The first kappa shape index (κ1) is 16.0. The van der Waals surface area contributed by atoms with Crippen LogP contribution in [0.1, 0.15) is 33.2 Å². The minimum absolute atomic E-state index is 0.0843.